The van der Waals surface area contributed by atoms with Gasteiger partial charge in [0.1, 0.15) is 0 Å². The molecule has 0 unspecified atom stereocenters. The summed E-state index contributed by atoms with van der Waals surface area (Å²) in [5.41, 5.74) is 2.41. The second-order valence-corrected chi connectivity index (χ2v) is 10.6. The van der Waals surface area contributed by atoms with Gasteiger partial charge >= 0.3 is 0 Å². The number of fused-ring (bicyclic) bond motifs is 1. The molecule has 1 aromatic heterocycles. The molecule has 0 spiro atoms. The summed E-state index contributed by atoms with van der Waals surface area (Å²) in [5, 5.41) is 2.37. The molecular weight excluding hydrogens is 434 g/mol. The number of rotatable bonds is 6. The molecule has 2 saturated heterocycles. The van der Waals surface area contributed by atoms with E-state index in [1.165, 1.54) is 16.5 Å². The van der Waals surface area contributed by atoms with Crippen LogP contribution in [0.5, 0.6) is 0 Å². The molecule has 2 fully saturated rings. The molecule has 0 saturated carbocycles. The zero-order chi connectivity index (χ0) is 24.1. The van der Waals surface area contributed by atoms with Gasteiger partial charge in [0.15, 0.2) is 0 Å². The Morgan fingerprint density at radius 1 is 1.03 bits per heavy atom. The quantitative estimate of drug-likeness (QED) is 0.527. The maximum atomic E-state index is 13.7. The smallest absolute Gasteiger partial charge is 0.228 e. The normalized spacial score (nSPS) is 21.1. The van der Waals surface area contributed by atoms with Gasteiger partial charge in [-0.05, 0) is 61.4 Å². The van der Waals surface area contributed by atoms with Crippen LogP contribution in [0.15, 0.2) is 67.0 Å². The van der Waals surface area contributed by atoms with Crippen molar-refractivity contribution in [1.82, 2.24) is 14.8 Å². The van der Waals surface area contributed by atoms with Crippen LogP contribution < -0.4 is 0 Å². The number of ether oxygens (including phenoxy) is 1. The van der Waals surface area contributed by atoms with E-state index in [0.29, 0.717) is 31.6 Å². The maximum absolute atomic E-state index is 13.7. The highest BCUT2D eigenvalue weighted by Gasteiger charge is 2.40. The number of hydrogen-bond acceptors (Lipinski definition) is 4. The van der Waals surface area contributed by atoms with Crippen LogP contribution in [0.4, 0.5) is 0 Å². The summed E-state index contributed by atoms with van der Waals surface area (Å²) in [6.07, 6.45) is 7.60. The Hall–Kier alpha value is -2.76. The molecule has 1 atom stereocenters. The molecule has 35 heavy (non-hydrogen) atoms. The third kappa shape index (κ3) is 5.91. The fourth-order valence-electron chi connectivity index (χ4n) is 5.58. The number of likely N-dealkylation sites (tertiary alicyclic amines) is 1. The lowest BCUT2D eigenvalue weighted by atomic mass is 9.78. The number of carbonyl (C=O) groups excluding carboxylic acids is 1. The van der Waals surface area contributed by atoms with Crippen molar-refractivity contribution in [3.05, 3.63) is 78.1 Å². The van der Waals surface area contributed by atoms with Crippen molar-refractivity contribution in [2.45, 2.75) is 32.6 Å². The van der Waals surface area contributed by atoms with Gasteiger partial charge in [-0.1, -0.05) is 55.5 Å². The molecule has 0 radical (unpaired) electrons. The second kappa shape index (κ2) is 10.9. The summed E-state index contributed by atoms with van der Waals surface area (Å²) >= 11 is 0. The minimum Gasteiger partial charge on any atom is -0.379 e. The Labute approximate surface area is 209 Å². The highest BCUT2D eigenvalue weighted by atomic mass is 16.5. The van der Waals surface area contributed by atoms with E-state index in [2.05, 4.69) is 76.3 Å². The zero-order valence-corrected chi connectivity index (χ0v) is 20.9. The molecule has 184 valence electrons. The number of aromatic nitrogens is 1. The van der Waals surface area contributed by atoms with Gasteiger partial charge in [0.05, 0.1) is 13.2 Å². The molecule has 0 bridgehead atoms. The molecule has 3 aromatic rings. The van der Waals surface area contributed by atoms with Gasteiger partial charge in [-0.3, -0.25) is 9.78 Å². The molecule has 2 aliphatic rings. The van der Waals surface area contributed by atoms with Crippen LogP contribution in [0, 0.1) is 11.3 Å². The Morgan fingerprint density at radius 3 is 2.69 bits per heavy atom. The minimum absolute atomic E-state index is 0.270. The van der Waals surface area contributed by atoms with Crippen molar-refractivity contribution in [2.24, 2.45) is 11.3 Å². The van der Waals surface area contributed by atoms with Gasteiger partial charge in [-0.2, -0.15) is 0 Å². The van der Waals surface area contributed by atoms with Crippen molar-refractivity contribution >= 4 is 16.7 Å². The highest BCUT2D eigenvalue weighted by molar-refractivity contribution is 5.83. The maximum Gasteiger partial charge on any atom is 0.228 e. The van der Waals surface area contributed by atoms with Crippen molar-refractivity contribution < 1.29 is 9.53 Å². The molecule has 5 heteroatoms. The fourth-order valence-corrected chi connectivity index (χ4v) is 5.58. The summed E-state index contributed by atoms with van der Waals surface area (Å²) in [7, 11) is 0. The summed E-state index contributed by atoms with van der Waals surface area (Å²) in [6.45, 7) is 8.06. The van der Waals surface area contributed by atoms with Crippen LogP contribution in [0.1, 0.15) is 30.9 Å². The van der Waals surface area contributed by atoms with Crippen LogP contribution in [0.2, 0.25) is 0 Å². The standard InChI is InChI=1S/C30H37N3O2/c1-30(11-15-32(16-12-30)14-10-24-5-3-2-4-6-24)29(34)33-17-18-35-23-26(22-33)19-25-7-8-28-21-31-13-9-27(28)20-25/h2-9,13,20-21,26H,10-12,14-19,22-23H2,1H3/t26-/m1/s1. The predicted octanol–water partition coefficient (Wildman–Crippen LogP) is 4.60. The largest absolute Gasteiger partial charge is 0.379 e. The Morgan fingerprint density at radius 2 is 1.86 bits per heavy atom. The van der Waals surface area contributed by atoms with Gasteiger partial charge in [0.2, 0.25) is 5.91 Å². The third-order valence-electron chi connectivity index (χ3n) is 7.89. The van der Waals surface area contributed by atoms with Gasteiger partial charge in [0, 0.05) is 48.7 Å². The average Bonchev–Trinajstić information content (AvgIpc) is 3.14. The van der Waals surface area contributed by atoms with Gasteiger partial charge in [-0.15, -0.1) is 0 Å². The highest BCUT2D eigenvalue weighted by Crippen LogP contribution is 2.34. The van der Waals surface area contributed by atoms with E-state index in [4.69, 9.17) is 4.74 Å². The lowest BCUT2D eigenvalue weighted by Gasteiger charge is -2.41. The predicted molar refractivity (Wildman–Crippen MR) is 140 cm³/mol. The summed E-state index contributed by atoms with van der Waals surface area (Å²) in [6, 6.07) is 19.3. The number of benzene rings is 2. The molecule has 2 aliphatic heterocycles. The first-order chi connectivity index (χ1) is 17.1. The first kappa shape index (κ1) is 24.0. The van der Waals surface area contributed by atoms with E-state index in [9.17, 15) is 4.79 Å². The first-order valence-corrected chi connectivity index (χ1v) is 13.1. The van der Waals surface area contributed by atoms with E-state index in [-0.39, 0.29) is 5.41 Å². The topological polar surface area (TPSA) is 45.7 Å². The van der Waals surface area contributed by atoms with E-state index >= 15 is 0 Å². The van der Waals surface area contributed by atoms with Crippen molar-refractivity contribution in [2.75, 3.05) is 45.9 Å². The number of amides is 1. The first-order valence-electron chi connectivity index (χ1n) is 13.1. The summed E-state index contributed by atoms with van der Waals surface area (Å²) < 4.78 is 5.95. The van der Waals surface area contributed by atoms with Gasteiger partial charge in [0.25, 0.3) is 0 Å². The van der Waals surface area contributed by atoms with E-state index in [0.717, 1.165) is 57.2 Å². The Kier molecular flexibility index (Phi) is 7.45. The van der Waals surface area contributed by atoms with Crippen molar-refractivity contribution in [3.8, 4) is 0 Å². The van der Waals surface area contributed by atoms with Crippen molar-refractivity contribution in [1.29, 1.82) is 0 Å². The van der Waals surface area contributed by atoms with Crippen LogP contribution in [0.25, 0.3) is 10.8 Å². The molecule has 0 N–H and O–H groups in total. The van der Waals surface area contributed by atoms with E-state index < -0.39 is 0 Å². The molecule has 2 aromatic carbocycles. The van der Waals surface area contributed by atoms with Crippen LogP contribution in [0.3, 0.4) is 0 Å². The zero-order valence-electron chi connectivity index (χ0n) is 20.9. The van der Waals surface area contributed by atoms with Crippen LogP contribution in [-0.4, -0.2) is 66.6 Å². The van der Waals surface area contributed by atoms with Gasteiger partial charge in [-0.25, -0.2) is 0 Å². The number of hydrogen-bond donors (Lipinski definition) is 0. The average molecular weight is 472 g/mol. The Bertz CT molecular complexity index is 1120. The second-order valence-electron chi connectivity index (χ2n) is 10.6. The number of carbonyl (C=O) groups is 1. The van der Waals surface area contributed by atoms with Crippen molar-refractivity contribution in [3.63, 3.8) is 0 Å². The molecule has 3 heterocycles. The molecule has 1 amide bonds. The number of nitrogens with zero attached hydrogens (tertiary/aromatic N) is 3. The Balaban J connectivity index is 1.17. The van der Waals surface area contributed by atoms with Crippen LogP contribution in [-0.2, 0) is 22.4 Å². The lowest BCUT2D eigenvalue weighted by Crippen LogP contribution is -2.50. The number of pyridine rings is 1. The van der Waals surface area contributed by atoms with Crippen LogP contribution >= 0.6 is 0 Å². The minimum atomic E-state index is -0.270. The summed E-state index contributed by atoms with van der Waals surface area (Å²) in [4.78, 5) is 22.6. The molecular formula is C30H37N3O2. The molecule has 0 aliphatic carbocycles. The molecule has 5 nitrogen and oxygen atoms in total. The van der Waals surface area contributed by atoms with Gasteiger partial charge < -0.3 is 14.5 Å². The molecule has 5 rings (SSSR count). The fraction of sp³-hybridized carbons (Fsp3) is 0.467. The summed E-state index contributed by atoms with van der Waals surface area (Å²) in [5.74, 6) is 0.635. The monoisotopic (exact) mass is 471 g/mol. The SMILES string of the molecule is CC1(C(=O)N2CCOC[C@H](Cc3ccc4cnccc4c3)C2)CCN(CCc2ccccc2)CC1. The van der Waals surface area contributed by atoms with E-state index in [1.807, 2.05) is 12.4 Å². The third-order valence-corrected chi connectivity index (χ3v) is 7.89. The van der Waals surface area contributed by atoms with E-state index in [1.54, 1.807) is 0 Å². The lowest BCUT2D eigenvalue weighted by molar-refractivity contribution is -0.144. The number of piperidine rings is 1.